The van der Waals surface area contributed by atoms with Gasteiger partial charge in [0, 0.05) is 12.6 Å². The summed E-state index contributed by atoms with van der Waals surface area (Å²) in [5.41, 5.74) is 9.15. The van der Waals surface area contributed by atoms with Crippen LogP contribution in [-0.2, 0) is 6.42 Å². The number of H-pyrrole nitrogens is 1. The van der Waals surface area contributed by atoms with Crippen molar-refractivity contribution in [2.24, 2.45) is 5.73 Å². The third kappa shape index (κ3) is 3.28. The van der Waals surface area contributed by atoms with Crippen LogP contribution in [-0.4, -0.2) is 29.1 Å². The largest absolute Gasteiger partial charge is 0.342 e. The fourth-order valence-electron chi connectivity index (χ4n) is 1.90. The minimum absolute atomic E-state index is 0.215. The van der Waals surface area contributed by atoms with E-state index in [1.165, 1.54) is 5.56 Å². The smallest absolute Gasteiger partial charge is 0.104 e. The molecular weight excluding hydrogens is 212 g/mol. The molecule has 0 saturated carbocycles. The summed E-state index contributed by atoms with van der Waals surface area (Å²) < 4.78 is 0. The molecule has 2 rings (SSSR count). The second-order valence-corrected chi connectivity index (χ2v) is 4.61. The van der Waals surface area contributed by atoms with Crippen LogP contribution >= 0.6 is 0 Å². The molecule has 4 heteroatoms. The summed E-state index contributed by atoms with van der Waals surface area (Å²) >= 11 is 0. The number of fused-ring (bicyclic) bond motifs is 1. The van der Waals surface area contributed by atoms with Gasteiger partial charge in [0.05, 0.1) is 11.0 Å². The maximum absolute atomic E-state index is 5.67. The lowest BCUT2D eigenvalue weighted by molar-refractivity contribution is 0.609. The maximum Gasteiger partial charge on any atom is 0.104 e. The first kappa shape index (κ1) is 12.1. The molecule has 0 amide bonds. The van der Waals surface area contributed by atoms with Gasteiger partial charge in [-0.25, -0.2) is 4.98 Å². The zero-order chi connectivity index (χ0) is 12.3. The highest BCUT2D eigenvalue weighted by atomic mass is 14.9. The molecule has 0 spiro atoms. The van der Waals surface area contributed by atoms with E-state index < -0.39 is 0 Å². The van der Waals surface area contributed by atoms with Crippen molar-refractivity contribution in [2.45, 2.75) is 26.3 Å². The molecule has 1 aromatic carbocycles. The number of hydrogen-bond acceptors (Lipinski definition) is 3. The van der Waals surface area contributed by atoms with Crippen molar-refractivity contribution in [1.82, 2.24) is 15.3 Å². The van der Waals surface area contributed by atoms with Crippen molar-refractivity contribution in [3.63, 3.8) is 0 Å². The Morgan fingerprint density at radius 1 is 1.47 bits per heavy atom. The van der Waals surface area contributed by atoms with Crippen LogP contribution in [0.1, 0.15) is 18.3 Å². The van der Waals surface area contributed by atoms with E-state index in [0.717, 1.165) is 36.4 Å². The molecule has 0 radical (unpaired) electrons. The molecule has 1 unspecified atom stereocenters. The summed E-state index contributed by atoms with van der Waals surface area (Å²) in [6, 6.07) is 6.59. The monoisotopic (exact) mass is 232 g/mol. The van der Waals surface area contributed by atoms with Gasteiger partial charge in [0.15, 0.2) is 0 Å². The molecular formula is C13H20N4. The molecule has 4 nitrogen and oxygen atoms in total. The zero-order valence-electron chi connectivity index (χ0n) is 10.5. The maximum atomic E-state index is 5.67. The molecule has 0 fully saturated rings. The molecule has 17 heavy (non-hydrogen) atoms. The highest BCUT2D eigenvalue weighted by molar-refractivity contribution is 5.75. The summed E-state index contributed by atoms with van der Waals surface area (Å²) in [5, 5.41) is 3.34. The van der Waals surface area contributed by atoms with Crippen molar-refractivity contribution < 1.29 is 0 Å². The van der Waals surface area contributed by atoms with E-state index in [-0.39, 0.29) is 6.04 Å². The van der Waals surface area contributed by atoms with Crippen molar-refractivity contribution in [3.8, 4) is 0 Å². The van der Waals surface area contributed by atoms with Crippen LogP contribution in [0.3, 0.4) is 0 Å². The molecule has 0 aliphatic rings. The number of nitrogens with one attached hydrogen (secondary N) is 2. The molecule has 0 saturated heterocycles. The van der Waals surface area contributed by atoms with Gasteiger partial charge >= 0.3 is 0 Å². The third-order valence-electron chi connectivity index (χ3n) is 2.72. The Hall–Kier alpha value is -1.39. The van der Waals surface area contributed by atoms with Crippen molar-refractivity contribution in [2.75, 3.05) is 13.1 Å². The Balaban J connectivity index is 1.94. The van der Waals surface area contributed by atoms with Crippen LogP contribution in [0, 0.1) is 6.92 Å². The van der Waals surface area contributed by atoms with Gasteiger partial charge in [0.1, 0.15) is 5.82 Å². The van der Waals surface area contributed by atoms with Crippen LogP contribution in [0.4, 0.5) is 0 Å². The van der Waals surface area contributed by atoms with Gasteiger partial charge in [-0.2, -0.15) is 0 Å². The fourth-order valence-corrected chi connectivity index (χ4v) is 1.90. The molecule has 2 aromatic rings. The number of benzene rings is 1. The summed E-state index contributed by atoms with van der Waals surface area (Å²) in [5.74, 6) is 0.965. The van der Waals surface area contributed by atoms with E-state index in [1.807, 2.05) is 13.8 Å². The molecule has 1 heterocycles. The average molecular weight is 232 g/mol. The molecule has 0 bridgehead atoms. The number of aromatic amines is 1. The highest BCUT2D eigenvalue weighted by Crippen LogP contribution is 2.13. The Labute approximate surface area is 102 Å². The number of nitrogens with two attached hydrogens (primary N) is 1. The summed E-state index contributed by atoms with van der Waals surface area (Å²) in [6.07, 6.45) is 1.01. The molecule has 1 atom stereocenters. The Morgan fingerprint density at radius 3 is 3.06 bits per heavy atom. The Bertz CT molecular complexity index is 487. The van der Waals surface area contributed by atoms with Crippen molar-refractivity contribution in [1.29, 1.82) is 0 Å². The van der Waals surface area contributed by atoms with Crippen molar-refractivity contribution >= 4 is 11.0 Å². The van der Waals surface area contributed by atoms with Gasteiger partial charge in [0.2, 0.25) is 0 Å². The Morgan fingerprint density at radius 2 is 2.29 bits per heavy atom. The van der Waals surface area contributed by atoms with E-state index in [1.54, 1.807) is 0 Å². The number of rotatable bonds is 5. The molecule has 4 N–H and O–H groups in total. The summed E-state index contributed by atoms with van der Waals surface area (Å²) in [6.45, 7) is 5.81. The number of nitrogens with zero attached hydrogens (tertiary/aromatic N) is 1. The first-order valence-corrected chi connectivity index (χ1v) is 6.06. The minimum atomic E-state index is 0.215. The first-order valence-electron chi connectivity index (χ1n) is 6.06. The van der Waals surface area contributed by atoms with Gasteiger partial charge in [0.25, 0.3) is 0 Å². The van der Waals surface area contributed by atoms with Gasteiger partial charge in [-0.15, -0.1) is 0 Å². The molecule has 1 aromatic heterocycles. The van der Waals surface area contributed by atoms with Crippen LogP contribution in [0.15, 0.2) is 18.2 Å². The number of aryl methyl sites for hydroxylation is 1. The fraction of sp³-hybridized carbons (Fsp3) is 0.462. The second kappa shape index (κ2) is 5.29. The first-order chi connectivity index (χ1) is 8.15. The Kier molecular flexibility index (Phi) is 3.76. The minimum Gasteiger partial charge on any atom is -0.342 e. The standard InChI is InChI=1S/C13H20N4/c1-9(14)8-15-6-5-11-3-4-12-13(7-11)17-10(2)16-12/h3-4,7,9,15H,5-6,8,14H2,1-2H3,(H,16,17). The number of aromatic nitrogens is 2. The number of imidazole rings is 1. The predicted octanol–water partition coefficient (Wildman–Crippen LogP) is 1.35. The lowest BCUT2D eigenvalue weighted by Gasteiger charge is -2.07. The molecule has 92 valence electrons. The van der Waals surface area contributed by atoms with E-state index in [4.69, 9.17) is 5.73 Å². The normalized spacial score (nSPS) is 13.1. The zero-order valence-corrected chi connectivity index (χ0v) is 10.5. The van der Waals surface area contributed by atoms with E-state index in [9.17, 15) is 0 Å². The van der Waals surface area contributed by atoms with Gasteiger partial charge in [-0.3, -0.25) is 0 Å². The third-order valence-corrected chi connectivity index (χ3v) is 2.72. The molecule has 0 aliphatic heterocycles. The summed E-state index contributed by atoms with van der Waals surface area (Å²) in [4.78, 5) is 7.64. The van der Waals surface area contributed by atoms with Crippen LogP contribution in [0.5, 0.6) is 0 Å². The predicted molar refractivity (Wildman–Crippen MR) is 71.1 cm³/mol. The topological polar surface area (TPSA) is 66.7 Å². The van der Waals surface area contributed by atoms with E-state index >= 15 is 0 Å². The quantitative estimate of drug-likeness (QED) is 0.682. The SMILES string of the molecule is Cc1nc2ccc(CCNCC(C)N)cc2[nH]1. The van der Waals surface area contributed by atoms with Crippen molar-refractivity contribution in [3.05, 3.63) is 29.6 Å². The number of hydrogen-bond donors (Lipinski definition) is 3. The second-order valence-electron chi connectivity index (χ2n) is 4.61. The van der Waals surface area contributed by atoms with Crippen LogP contribution in [0.2, 0.25) is 0 Å². The van der Waals surface area contributed by atoms with Crippen LogP contribution in [0.25, 0.3) is 11.0 Å². The summed E-state index contributed by atoms with van der Waals surface area (Å²) in [7, 11) is 0. The lowest BCUT2D eigenvalue weighted by atomic mass is 10.1. The van der Waals surface area contributed by atoms with Gasteiger partial charge in [-0.05, 0) is 44.5 Å². The molecule has 0 aliphatic carbocycles. The van der Waals surface area contributed by atoms with Gasteiger partial charge in [-0.1, -0.05) is 6.07 Å². The van der Waals surface area contributed by atoms with Gasteiger partial charge < -0.3 is 16.0 Å². The average Bonchev–Trinajstić information content (AvgIpc) is 2.63. The highest BCUT2D eigenvalue weighted by Gasteiger charge is 2.01. The lowest BCUT2D eigenvalue weighted by Crippen LogP contribution is -2.32. The van der Waals surface area contributed by atoms with E-state index in [2.05, 4.69) is 33.5 Å². The van der Waals surface area contributed by atoms with E-state index in [0.29, 0.717) is 0 Å². The van der Waals surface area contributed by atoms with Crippen LogP contribution < -0.4 is 11.1 Å².